The number of hydrogen-bond acceptors (Lipinski definition) is 5. The van der Waals surface area contributed by atoms with Gasteiger partial charge in [-0.05, 0) is 17.7 Å². The topological polar surface area (TPSA) is 106 Å². The number of rotatable bonds is 4. The summed E-state index contributed by atoms with van der Waals surface area (Å²) in [4.78, 5) is 0.0181. The molecule has 0 spiro atoms. The van der Waals surface area contributed by atoms with E-state index < -0.39 is 10.0 Å². The minimum atomic E-state index is -3.75. The van der Waals surface area contributed by atoms with Crippen molar-refractivity contribution in [2.24, 2.45) is 5.14 Å². The fourth-order valence-corrected chi connectivity index (χ4v) is 2.85. The predicted molar refractivity (Wildman–Crippen MR) is 96.0 cm³/mol. The second-order valence-corrected chi connectivity index (χ2v) is 6.48. The maximum absolute atomic E-state index is 11.3. The van der Waals surface area contributed by atoms with Crippen LogP contribution in [0.5, 0.6) is 0 Å². The van der Waals surface area contributed by atoms with E-state index in [1.165, 1.54) is 12.1 Å². The lowest BCUT2D eigenvalue weighted by molar-refractivity contribution is 0.230. The summed E-state index contributed by atoms with van der Waals surface area (Å²) in [6, 6.07) is 15.4. The van der Waals surface area contributed by atoms with Crippen LogP contribution in [0.1, 0.15) is 19.6 Å². The van der Waals surface area contributed by atoms with Gasteiger partial charge in [-0.2, -0.15) is 0 Å². The van der Waals surface area contributed by atoms with Crippen LogP contribution in [0.4, 0.5) is 0 Å². The van der Waals surface area contributed by atoms with Gasteiger partial charge >= 0.3 is 0 Å². The van der Waals surface area contributed by atoms with E-state index in [1.807, 2.05) is 44.2 Å². The Labute approximate surface area is 147 Å². The second-order valence-electron chi connectivity index (χ2n) is 4.92. The number of aromatic nitrogens is 1. The molecule has 0 amide bonds. The molecule has 0 fully saturated rings. The van der Waals surface area contributed by atoms with Crippen molar-refractivity contribution in [3.63, 3.8) is 0 Å². The highest BCUT2D eigenvalue weighted by Gasteiger charge is 2.19. The molecule has 0 radical (unpaired) electrons. The van der Waals surface area contributed by atoms with E-state index in [4.69, 9.17) is 9.66 Å². The Balaban J connectivity index is 0.00000109. The van der Waals surface area contributed by atoms with Crippen molar-refractivity contribution in [3.05, 3.63) is 60.4 Å². The molecule has 3 aromatic rings. The molecule has 0 unspecified atom stereocenters. The van der Waals surface area contributed by atoms with Crippen LogP contribution < -0.4 is 5.14 Å². The lowest BCUT2D eigenvalue weighted by Crippen LogP contribution is -2.11. The zero-order valence-corrected chi connectivity index (χ0v) is 14.8. The molecule has 3 N–H and O–H groups in total. The van der Waals surface area contributed by atoms with Gasteiger partial charge in [-0.1, -0.05) is 61.5 Å². The summed E-state index contributed by atoms with van der Waals surface area (Å²) in [7, 11) is -3.75. The minimum absolute atomic E-state index is 0.0181. The lowest BCUT2D eigenvalue weighted by atomic mass is 9.99. The summed E-state index contributed by atoms with van der Waals surface area (Å²) in [5, 5.41) is 18.6. The number of benzene rings is 2. The van der Waals surface area contributed by atoms with Gasteiger partial charge in [0.1, 0.15) is 12.3 Å². The number of sulfonamides is 1. The van der Waals surface area contributed by atoms with Crippen LogP contribution in [-0.4, -0.2) is 18.7 Å². The third-order valence-corrected chi connectivity index (χ3v) is 4.35. The molecule has 1 aromatic heterocycles. The zero-order valence-electron chi connectivity index (χ0n) is 14.0. The van der Waals surface area contributed by atoms with Crippen LogP contribution in [0.3, 0.4) is 0 Å². The first-order valence-electron chi connectivity index (χ1n) is 7.79. The molecule has 6 nitrogen and oxygen atoms in total. The molecule has 0 aliphatic heterocycles. The smallest absolute Gasteiger partial charge is 0.238 e. The summed E-state index contributed by atoms with van der Waals surface area (Å²) < 4.78 is 27.9. The Morgan fingerprint density at radius 1 is 1.00 bits per heavy atom. The second kappa shape index (κ2) is 8.06. The summed E-state index contributed by atoms with van der Waals surface area (Å²) in [5.74, 6) is 0.312. The largest absolute Gasteiger partial charge is 0.388 e. The molecular formula is C18H20N2O4S. The predicted octanol–water partition coefficient (Wildman–Crippen LogP) is 3.17. The average Bonchev–Trinajstić information content (AvgIpc) is 3.07. The van der Waals surface area contributed by atoms with Crippen molar-refractivity contribution in [2.45, 2.75) is 25.3 Å². The molecule has 1 heterocycles. The van der Waals surface area contributed by atoms with Crippen molar-refractivity contribution in [1.82, 2.24) is 5.16 Å². The Bertz CT molecular complexity index is 917. The Kier molecular flexibility index (Phi) is 6.08. The van der Waals surface area contributed by atoms with E-state index in [1.54, 1.807) is 12.1 Å². The van der Waals surface area contributed by atoms with Crippen LogP contribution in [0.2, 0.25) is 0 Å². The number of nitrogens with two attached hydrogens (primary N) is 1. The van der Waals surface area contributed by atoms with E-state index in [0.717, 1.165) is 5.56 Å². The summed E-state index contributed by atoms with van der Waals surface area (Å²) in [5.41, 5.74) is 2.72. The van der Waals surface area contributed by atoms with Crippen LogP contribution >= 0.6 is 0 Å². The highest BCUT2D eigenvalue weighted by Crippen LogP contribution is 2.34. The summed E-state index contributed by atoms with van der Waals surface area (Å²) in [6.45, 7) is 3.69. The molecule has 0 saturated heterocycles. The fourth-order valence-electron chi connectivity index (χ4n) is 2.33. The van der Waals surface area contributed by atoms with Crippen LogP contribution in [0.25, 0.3) is 22.4 Å². The van der Waals surface area contributed by atoms with Gasteiger partial charge in [-0.15, -0.1) is 0 Å². The Morgan fingerprint density at radius 2 is 1.60 bits per heavy atom. The van der Waals surface area contributed by atoms with Gasteiger partial charge in [-0.3, -0.25) is 0 Å². The van der Waals surface area contributed by atoms with E-state index in [0.29, 0.717) is 22.6 Å². The Morgan fingerprint density at radius 3 is 2.12 bits per heavy atom. The van der Waals surface area contributed by atoms with Gasteiger partial charge in [0.15, 0.2) is 5.76 Å². The molecule has 0 atom stereocenters. The minimum Gasteiger partial charge on any atom is -0.388 e. The third kappa shape index (κ3) is 4.14. The molecule has 25 heavy (non-hydrogen) atoms. The lowest BCUT2D eigenvalue weighted by Gasteiger charge is -2.05. The first kappa shape index (κ1) is 18.9. The highest BCUT2D eigenvalue weighted by molar-refractivity contribution is 7.89. The highest BCUT2D eigenvalue weighted by atomic mass is 32.2. The van der Waals surface area contributed by atoms with Gasteiger partial charge in [0.05, 0.1) is 10.5 Å². The molecule has 0 bridgehead atoms. The van der Waals surface area contributed by atoms with Crippen molar-refractivity contribution in [2.75, 3.05) is 0 Å². The monoisotopic (exact) mass is 360 g/mol. The SMILES string of the molecule is CC.NS(=O)(=O)c1ccc(-c2c(-c3ccccc3)noc2CO)cc1. The van der Waals surface area contributed by atoms with Crippen molar-refractivity contribution in [1.29, 1.82) is 0 Å². The number of hydrogen-bond donors (Lipinski definition) is 2. The number of nitrogens with zero attached hydrogens (tertiary/aromatic N) is 1. The number of aliphatic hydroxyl groups is 1. The van der Waals surface area contributed by atoms with Crippen LogP contribution in [0.15, 0.2) is 64.0 Å². The molecule has 0 aliphatic carbocycles. The van der Waals surface area contributed by atoms with E-state index in [9.17, 15) is 13.5 Å². The maximum Gasteiger partial charge on any atom is 0.238 e. The Hall–Kier alpha value is -2.48. The first-order valence-corrected chi connectivity index (χ1v) is 9.33. The third-order valence-electron chi connectivity index (χ3n) is 3.43. The maximum atomic E-state index is 11.3. The van der Waals surface area contributed by atoms with Gasteiger partial charge in [0, 0.05) is 5.56 Å². The molecule has 2 aromatic carbocycles. The van der Waals surface area contributed by atoms with Crippen LogP contribution in [0, 0.1) is 0 Å². The van der Waals surface area contributed by atoms with Crippen molar-refractivity contribution < 1.29 is 18.0 Å². The molecular weight excluding hydrogens is 340 g/mol. The van der Waals surface area contributed by atoms with E-state index in [-0.39, 0.29) is 11.5 Å². The summed E-state index contributed by atoms with van der Waals surface area (Å²) >= 11 is 0. The van der Waals surface area contributed by atoms with Crippen molar-refractivity contribution >= 4 is 10.0 Å². The standard InChI is InChI=1S/C16H14N2O4S.C2H6/c17-23(20,21)13-8-6-11(7-9-13)15-14(10-19)22-18-16(15)12-4-2-1-3-5-12;1-2/h1-9,19H,10H2,(H2,17,20,21);1-2H3. The molecule has 132 valence electrons. The number of primary sulfonamides is 1. The normalized spacial score (nSPS) is 10.9. The number of aliphatic hydroxyl groups excluding tert-OH is 1. The molecule has 0 aliphatic rings. The molecule has 7 heteroatoms. The fraction of sp³-hybridized carbons (Fsp3) is 0.167. The van der Waals surface area contributed by atoms with Crippen LogP contribution in [-0.2, 0) is 16.6 Å². The summed E-state index contributed by atoms with van der Waals surface area (Å²) in [6.07, 6.45) is 0. The van der Waals surface area contributed by atoms with Gasteiger partial charge in [0.2, 0.25) is 10.0 Å². The van der Waals surface area contributed by atoms with Crippen molar-refractivity contribution in [3.8, 4) is 22.4 Å². The van der Waals surface area contributed by atoms with E-state index >= 15 is 0 Å². The van der Waals surface area contributed by atoms with Gasteiger partial charge in [-0.25, -0.2) is 13.6 Å². The average molecular weight is 360 g/mol. The van der Waals surface area contributed by atoms with Gasteiger partial charge in [0.25, 0.3) is 0 Å². The quantitative estimate of drug-likeness (QED) is 0.743. The first-order chi connectivity index (χ1) is 12.0. The molecule has 0 saturated carbocycles. The van der Waals surface area contributed by atoms with Gasteiger partial charge < -0.3 is 9.63 Å². The zero-order chi connectivity index (χ0) is 18.4. The van der Waals surface area contributed by atoms with E-state index in [2.05, 4.69) is 5.16 Å². The molecule has 3 rings (SSSR count).